The van der Waals surface area contributed by atoms with Crippen LogP contribution in [0.4, 0.5) is 0 Å². The molecule has 0 saturated heterocycles. The molecule has 1 aliphatic carbocycles. The van der Waals surface area contributed by atoms with Gasteiger partial charge in [-0.15, -0.1) is 0 Å². The second-order valence-corrected chi connectivity index (χ2v) is 7.25. The molecular formula is C22H25N3O. The Labute approximate surface area is 154 Å². The predicted molar refractivity (Wildman–Crippen MR) is 105 cm³/mol. The fourth-order valence-corrected chi connectivity index (χ4v) is 3.84. The Morgan fingerprint density at radius 2 is 1.88 bits per heavy atom. The third-order valence-corrected chi connectivity index (χ3v) is 5.36. The molecule has 1 atom stereocenters. The number of rotatable bonds is 5. The van der Waals surface area contributed by atoms with Gasteiger partial charge in [0, 0.05) is 24.0 Å². The summed E-state index contributed by atoms with van der Waals surface area (Å²) >= 11 is 0. The van der Waals surface area contributed by atoms with Crippen molar-refractivity contribution in [2.45, 2.75) is 38.8 Å². The monoisotopic (exact) mass is 347 g/mol. The van der Waals surface area contributed by atoms with Crippen LogP contribution in [0.15, 0.2) is 48.5 Å². The van der Waals surface area contributed by atoms with E-state index in [0.717, 1.165) is 27.9 Å². The van der Waals surface area contributed by atoms with Gasteiger partial charge in [-0.25, -0.2) is 0 Å². The molecular weight excluding hydrogens is 322 g/mol. The maximum absolute atomic E-state index is 12.9. The Morgan fingerprint density at radius 1 is 1.15 bits per heavy atom. The van der Waals surface area contributed by atoms with E-state index >= 15 is 0 Å². The van der Waals surface area contributed by atoms with Gasteiger partial charge in [-0.2, -0.15) is 0 Å². The molecule has 26 heavy (non-hydrogen) atoms. The highest BCUT2D eigenvalue weighted by Gasteiger charge is 2.28. The molecule has 0 spiro atoms. The molecule has 2 aromatic carbocycles. The van der Waals surface area contributed by atoms with Crippen LogP contribution in [0.3, 0.4) is 0 Å². The number of carbonyl (C=O) groups is 1. The fourth-order valence-electron chi connectivity index (χ4n) is 3.84. The molecule has 4 nitrogen and oxygen atoms in total. The number of aryl methyl sites for hydroxylation is 1. The van der Waals surface area contributed by atoms with Crippen molar-refractivity contribution in [1.29, 1.82) is 0 Å². The van der Waals surface area contributed by atoms with E-state index < -0.39 is 0 Å². The lowest BCUT2D eigenvalue weighted by molar-refractivity contribution is 0.0937. The SMILES string of the molecule is Cc1cc(C(=O)N[C@@H](CN)c2ccc3ccccc3c2)c(C)n1C1CC1. The molecule has 1 aliphatic rings. The zero-order chi connectivity index (χ0) is 18.3. The predicted octanol–water partition coefficient (Wildman–Crippen LogP) is 4.02. The molecule has 1 fully saturated rings. The molecule has 134 valence electrons. The highest BCUT2D eigenvalue weighted by Crippen LogP contribution is 2.38. The molecule has 4 rings (SSSR count). The lowest BCUT2D eigenvalue weighted by Crippen LogP contribution is -2.33. The minimum Gasteiger partial charge on any atom is -0.345 e. The van der Waals surface area contributed by atoms with Crippen molar-refractivity contribution in [1.82, 2.24) is 9.88 Å². The summed E-state index contributed by atoms with van der Waals surface area (Å²) in [5.74, 6) is -0.0476. The van der Waals surface area contributed by atoms with Gasteiger partial charge in [-0.3, -0.25) is 4.79 Å². The summed E-state index contributed by atoms with van der Waals surface area (Å²) in [4.78, 5) is 12.9. The summed E-state index contributed by atoms with van der Waals surface area (Å²) in [6.07, 6.45) is 2.42. The lowest BCUT2D eigenvalue weighted by Gasteiger charge is -2.18. The third-order valence-electron chi connectivity index (χ3n) is 5.36. The first-order valence-electron chi connectivity index (χ1n) is 9.26. The van der Waals surface area contributed by atoms with Crippen molar-refractivity contribution in [3.63, 3.8) is 0 Å². The smallest absolute Gasteiger partial charge is 0.253 e. The van der Waals surface area contributed by atoms with E-state index in [2.05, 4.69) is 41.1 Å². The van der Waals surface area contributed by atoms with Crippen molar-refractivity contribution in [3.8, 4) is 0 Å². The van der Waals surface area contributed by atoms with Crippen molar-refractivity contribution >= 4 is 16.7 Å². The van der Waals surface area contributed by atoms with Gasteiger partial charge in [0.25, 0.3) is 5.91 Å². The van der Waals surface area contributed by atoms with Gasteiger partial charge in [-0.1, -0.05) is 36.4 Å². The Kier molecular flexibility index (Phi) is 4.29. The Bertz CT molecular complexity index is 969. The summed E-state index contributed by atoms with van der Waals surface area (Å²) in [7, 11) is 0. The average Bonchev–Trinajstić information content (AvgIpc) is 3.44. The zero-order valence-corrected chi connectivity index (χ0v) is 15.3. The van der Waals surface area contributed by atoms with Crippen LogP contribution >= 0.6 is 0 Å². The number of nitrogens with two attached hydrogens (primary N) is 1. The topological polar surface area (TPSA) is 60.1 Å². The number of hydrogen-bond acceptors (Lipinski definition) is 2. The minimum absolute atomic E-state index is 0.0476. The molecule has 3 aromatic rings. The van der Waals surface area contributed by atoms with Gasteiger partial charge in [0.1, 0.15) is 0 Å². The largest absolute Gasteiger partial charge is 0.345 e. The molecule has 0 aliphatic heterocycles. The van der Waals surface area contributed by atoms with Gasteiger partial charge >= 0.3 is 0 Å². The summed E-state index contributed by atoms with van der Waals surface area (Å²) in [6.45, 7) is 4.48. The summed E-state index contributed by atoms with van der Waals surface area (Å²) in [5.41, 5.74) is 9.99. The van der Waals surface area contributed by atoms with E-state index in [-0.39, 0.29) is 11.9 Å². The first-order valence-corrected chi connectivity index (χ1v) is 9.26. The maximum Gasteiger partial charge on any atom is 0.253 e. The Balaban J connectivity index is 1.59. The van der Waals surface area contributed by atoms with Crippen molar-refractivity contribution in [2.75, 3.05) is 6.54 Å². The van der Waals surface area contributed by atoms with Crippen LogP contribution in [0.5, 0.6) is 0 Å². The Hall–Kier alpha value is -2.59. The molecule has 1 heterocycles. The number of amides is 1. The number of carbonyl (C=O) groups excluding carboxylic acids is 1. The van der Waals surface area contributed by atoms with Gasteiger partial charge in [-0.05, 0) is 55.2 Å². The van der Waals surface area contributed by atoms with Gasteiger partial charge in [0.15, 0.2) is 0 Å². The van der Waals surface area contributed by atoms with E-state index in [1.54, 1.807) is 0 Å². The van der Waals surface area contributed by atoms with Crippen LogP contribution in [0, 0.1) is 13.8 Å². The first-order chi connectivity index (χ1) is 12.6. The number of aromatic nitrogens is 1. The van der Waals surface area contributed by atoms with E-state index in [0.29, 0.717) is 12.6 Å². The Morgan fingerprint density at radius 3 is 2.58 bits per heavy atom. The van der Waals surface area contributed by atoms with Gasteiger partial charge in [0.2, 0.25) is 0 Å². The third kappa shape index (κ3) is 3.01. The number of fused-ring (bicyclic) bond motifs is 1. The van der Waals surface area contributed by atoms with Crippen LogP contribution in [-0.2, 0) is 0 Å². The number of hydrogen-bond donors (Lipinski definition) is 2. The lowest BCUT2D eigenvalue weighted by atomic mass is 10.0. The highest BCUT2D eigenvalue weighted by atomic mass is 16.1. The van der Waals surface area contributed by atoms with Gasteiger partial charge in [0.05, 0.1) is 11.6 Å². The van der Waals surface area contributed by atoms with Crippen molar-refractivity contribution < 1.29 is 4.79 Å². The normalized spacial score (nSPS) is 15.2. The molecule has 0 bridgehead atoms. The molecule has 3 N–H and O–H groups in total. The van der Waals surface area contributed by atoms with E-state index in [1.165, 1.54) is 18.2 Å². The molecule has 0 unspecified atom stereocenters. The van der Waals surface area contributed by atoms with Crippen LogP contribution in [0.25, 0.3) is 10.8 Å². The summed E-state index contributed by atoms with van der Waals surface area (Å²) in [5, 5.41) is 5.47. The quantitative estimate of drug-likeness (QED) is 0.732. The number of nitrogens with zero attached hydrogens (tertiary/aromatic N) is 1. The zero-order valence-electron chi connectivity index (χ0n) is 15.3. The minimum atomic E-state index is -0.198. The maximum atomic E-state index is 12.9. The second-order valence-electron chi connectivity index (χ2n) is 7.25. The molecule has 1 amide bonds. The standard InChI is InChI=1S/C22H25N3O/c1-14-11-20(15(2)25(14)19-9-10-19)22(26)24-21(13-23)18-8-7-16-5-3-4-6-17(16)12-18/h3-8,11-12,19,21H,9-10,13,23H2,1-2H3,(H,24,26)/t21-/m0/s1. The van der Waals surface area contributed by atoms with Crippen LogP contribution in [0.2, 0.25) is 0 Å². The molecule has 1 aromatic heterocycles. The van der Waals surface area contributed by atoms with Crippen molar-refractivity contribution in [2.24, 2.45) is 5.73 Å². The molecule has 1 saturated carbocycles. The van der Waals surface area contributed by atoms with Crippen molar-refractivity contribution in [3.05, 3.63) is 71.0 Å². The fraction of sp³-hybridized carbons (Fsp3) is 0.318. The van der Waals surface area contributed by atoms with E-state index in [9.17, 15) is 4.79 Å². The number of nitrogens with one attached hydrogen (secondary N) is 1. The summed E-state index contributed by atoms with van der Waals surface area (Å²) in [6, 6.07) is 16.8. The molecule has 0 radical (unpaired) electrons. The van der Waals surface area contributed by atoms with E-state index in [1.807, 2.05) is 31.2 Å². The second kappa shape index (κ2) is 6.61. The van der Waals surface area contributed by atoms with Crippen LogP contribution in [-0.4, -0.2) is 17.0 Å². The molecule has 4 heteroatoms. The van der Waals surface area contributed by atoms with Gasteiger partial charge < -0.3 is 15.6 Å². The summed E-state index contributed by atoms with van der Waals surface area (Å²) < 4.78 is 2.29. The first kappa shape index (κ1) is 16.9. The van der Waals surface area contributed by atoms with Crippen LogP contribution in [0.1, 0.15) is 52.2 Å². The average molecular weight is 347 g/mol. The van der Waals surface area contributed by atoms with E-state index in [4.69, 9.17) is 5.73 Å². The van der Waals surface area contributed by atoms with Crippen LogP contribution < -0.4 is 11.1 Å². The highest BCUT2D eigenvalue weighted by molar-refractivity contribution is 5.96. The number of benzene rings is 2.